The van der Waals surface area contributed by atoms with Gasteiger partial charge in [-0.3, -0.25) is 4.72 Å². The van der Waals surface area contributed by atoms with E-state index in [0.717, 1.165) is 0 Å². The van der Waals surface area contributed by atoms with E-state index in [1.54, 1.807) is 72.8 Å². The number of nitrogens with one attached hydrogen (secondary N) is 1. The molecule has 35 heavy (non-hydrogen) atoms. The highest BCUT2D eigenvalue weighted by Gasteiger charge is 2.14. The summed E-state index contributed by atoms with van der Waals surface area (Å²) in [4.78, 5) is 0.347. The quantitative estimate of drug-likeness (QED) is 0.222. The summed E-state index contributed by atoms with van der Waals surface area (Å²) in [5.41, 5.74) is 18.5. The highest BCUT2D eigenvalue weighted by molar-refractivity contribution is 8.13. The van der Waals surface area contributed by atoms with Crippen LogP contribution in [0.2, 0.25) is 0 Å². The normalized spacial score (nSPS) is 10.7. The third-order valence-corrected chi connectivity index (χ3v) is 7.03. The Morgan fingerprint density at radius 3 is 1.26 bits per heavy atom. The van der Waals surface area contributed by atoms with E-state index < -0.39 is 19.1 Å². The van der Waals surface area contributed by atoms with Crippen LogP contribution in [0.1, 0.15) is 0 Å². The van der Waals surface area contributed by atoms with E-state index in [0.29, 0.717) is 22.7 Å². The fourth-order valence-electron chi connectivity index (χ4n) is 2.49. The SMILES string of the molecule is Nc1ccccc1N.Nc1ccccc1NS(=O)(=O)c1ccccc1.O=S(=O)(Cl)c1ccccc1. The van der Waals surface area contributed by atoms with E-state index >= 15 is 0 Å². The Labute approximate surface area is 209 Å². The molecule has 4 rings (SSSR count). The van der Waals surface area contributed by atoms with Crippen LogP contribution in [0, 0.1) is 0 Å². The molecule has 0 bridgehead atoms. The molecule has 4 aromatic carbocycles. The number of benzene rings is 4. The first-order valence-electron chi connectivity index (χ1n) is 10.0. The van der Waals surface area contributed by atoms with Crippen molar-refractivity contribution >= 4 is 52.5 Å². The van der Waals surface area contributed by atoms with Crippen LogP contribution in [0.3, 0.4) is 0 Å². The van der Waals surface area contributed by atoms with Crippen LogP contribution < -0.4 is 21.9 Å². The summed E-state index contributed by atoms with van der Waals surface area (Å²) in [5, 5.41) is 0. The molecular formula is C24H25ClN4O4S2. The average Bonchev–Trinajstić information content (AvgIpc) is 2.84. The molecule has 11 heteroatoms. The van der Waals surface area contributed by atoms with Crippen LogP contribution in [0.15, 0.2) is 119 Å². The van der Waals surface area contributed by atoms with E-state index in [9.17, 15) is 16.8 Å². The van der Waals surface area contributed by atoms with Crippen molar-refractivity contribution in [2.75, 3.05) is 21.9 Å². The van der Waals surface area contributed by atoms with Crippen molar-refractivity contribution in [2.45, 2.75) is 9.79 Å². The minimum Gasteiger partial charge on any atom is -0.397 e. The largest absolute Gasteiger partial charge is 0.397 e. The Morgan fingerprint density at radius 2 is 0.886 bits per heavy atom. The van der Waals surface area contributed by atoms with Gasteiger partial charge in [0.25, 0.3) is 19.1 Å². The van der Waals surface area contributed by atoms with Gasteiger partial charge < -0.3 is 17.2 Å². The standard InChI is InChI=1S/C12H12N2O2S.C6H5ClO2S.C6H8N2/c13-11-8-4-5-9-12(11)14-17(15,16)10-6-2-1-3-7-10;7-10(8,9)6-4-2-1-3-5-6;7-5-3-1-2-4-6(5)8/h1-9,14H,13H2;1-5H;1-4H,7-8H2. The fourth-order valence-corrected chi connectivity index (χ4v) is 4.39. The molecule has 0 aliphatic heterocycles. The van der Waals surface area contributed by atoms with Crippen molar-refractivity contribution in [1.29, 1.82) is 0 Å². The highest BCUT2D eigenvalue weighted by Crippen LogP contribution is 2.21. The van der Waals surface area contributed by atoms with E-state index in [4.69, 9.17) is 27.9 Å². The summed E-state index contributed by atoms with van der Waals surface area (Å²) >= 11 is 0. The Hall–Kier alpha value is -3.73. The van der Waals surface area contributed by atoms with Gasteiger partial charge in [-0.25, -0.2) is 16.8 Å². The van der Waals surface area contributed by atoms with Gasteiger partial charge in [0.15, 0.2) is 0 Å². The number of sulfonamides is 1. The zero-order valence-electron chi connectivity index (χ0n) is 18.5. The molecule has 8 nitrogen and oxygen atoms in total. The Morgan fingerprint density at radius 1 is 0.514 bits per heavy atom. The number of hydrogen-bond donors (Lipinski definition) is 4. The van der Waals surface area contributed by atoms with E-state index in [-0.39, 0.29) is 9.79 Å². The molecule has 0 aliphatic carbocycles. The second kappa shape index (κ2) is 12.7. The average molecular weight is 533 g/mol. The van der Waals surface area contributed by atoms with Crippen molar-refractivity contribution in [3.63, 3.8) is 0 Å². The molecule has 0 spiro atoms. The lowest BCUT2D eigenvalue weighted by molar-refractivity contribution is 0.601. The molecule has 0 aromatic heterocycles. The van der Waals surface area contributed by atoms with Crippen LogP contribution in [-0.2, 0) is 19.1 Å². The molecule has 184 valence electrons. The van der Waals surface area contributed by atoms with Crippen molar-refractivity contribution in [1.82, 2.24) is 0 Å². The van der Waals surface area contributed by atoms with Gasteiger partial charge in [-0.05, 0) is 48.5 Å². The number of rotatable bonds is 4. The van der Waals surface area contributed by atoms with Gasteiger partial charge >= 0.3 is 0 Å². The summed E-state index contributed by atoms with van der Waals surface area (Å²) < 4.78 is 47.6. The minimum absolute atomic E-state index is 0.136. The molecule has 4 aromatic rings. The monoisotopic (exact) mass is 532 g/mol. The van der Waals surface area contributed by atoms with Crippen LogP contribution in [0.4, 0.5) is 22.7 Å². The van der Waals surface area contributed by atoms with Crippen molar-refractivity contribution in [2.24, 2.45) is 0 Å². The Bertz CT molecular complexity index is 1410. The zero-order chi connectivity index (χ0) is 25.9. The van der Waals surface area contributed by atoms with Crippen LogP contribution in [-0.4, -0.2) is 16.8 Å². The maximum atomic E-state index is 12.0. The van der Waals surface area contributed by atoms with Crippen molar-refractivity contribution < 1.29 is 16.8 Å². The predicted octanol–water partition coefficient (Wildman–Crippen LogP) is 4.53. The van der Waals surface area contributed by atoms with Gasteiger partial charge in [0.1, 0.15) is 0 Å². The lowest BCUT2D eigenvalue weighted by Crippen LogP contribution is -2.13. The summed E-state index contributed by atoms with van der Waals surface area (Å²) in [6, 6.07) is 30.0. The fraction of sp³-hybridized carbons (Fsp3) is 0. The number of anilines is 4. The van der Waals surface area contributed by atoms with Gasteiger partial charge in [-0.2, -0.15) is 0 Å². The number of hydrogen-bond acceptors (Lipinski definition) is 7. The first-order chi connectivity index (χ1) is 16.5. The van der Waals surface area contributed by atoms with E-state index in [1.807, 2.05) is 12.1 Å². The molecule has 0 atom stereocenters. The first-order valence-corrected chi connectivity index (χ1v) is 13.8. The number of para-hydroxylation sites is 4. The summed E-state index contributed by atoms with van der Waals surface area (Å²) in [6.45, 7) is 0. The van der Waals surface area contributed by atoms with Crippen LogP contribution >= 0.6 is 10.7 Å². The van der Waals surface area contributed by atoms with Gasteiger partial charge in [0, 0.05) is 10.7 Å². The molecule has 0 unspecified atom stereocenters. The second-order valence-electron chi connectivity index (χ2n) is 6.89. The molecule has 0 saturated heterocycles. The molecule has 7 N–H and O–H groups in total. The summed E-state index contributed by atoms with van der Waals surface area (Å²) in [6.07, 6.45) is 0. The van der Waals surface area contributed by atoms with Gasteiger partial charge in [0.2, 0.25) is 0 Å². The van der Waals surface area contributed by atoms with Gasteiger partial charge in [0.05, 0.1) is 32.5 Å². The predicted molar refractivity (Wildman–Crippen MR) is 143 cm³/mol. The van der Waals surface area contributed by atoms with Gasteiger partial charge in [-0.15, -0.1) is 0 Å². The van der Waals surface area contributed by atoms with Gasteiger partial charge in [-0.1, -0.05) is 60.7 Å². The van der Waals surface area contributed by atoms with Crippen molar-refractivity contribution in [3.8, 4) is 0 Å². The lowest BCUT2D eigenvalue weighted by atomic mass is 10.3. The third-order valence-electron chi connectivity index (χ3n) is 4.28. The molecule has 0 heterocycles. The molecule has 0 amide bonds. The number of nitrogens with two attached hydrogens (primary N) is 3. The zero-order valence-corrected chi connectivity index (χ0v) is 20.8. The van der Waals surface area contributed by atoms with E-state index in [1.165, 1.54) is 24.3 Å². The summed E-state index contributed by atoms with van der Waals surface area (Å²) in [7, 11) is -2.07. The molecule has 0 radical (unpaired) electrons. The smallest absolute Gasteiger partial charge is 0.261 e. The maximum absolute atomic E-state index is 12.0. The number of nitrogen functional groups attached to an aromatic ring is 3. The Kier molecular flexibility index (Phi) is 9.95. The molecule has 0 aliphatic rings. The Balaban J connectivity index is 0.000000204. The topological polar surface area (TPSA) is 158 Å². The summed E-state index contributed by atoms with van der Waals surface area (Å²) in [5.74, 6) is 0. The maximum Gasteiger partial charge on any atom is 0.261 e. The van der Waals surface area contributed by atoms with Crippen molar-refractivity contribution in [3.05, 3.63) is 109 Å². The second-order valence-corrected chi connectivity index (χ2v) is 11.1. The highest BCUT2D eigenvalue weighted by atomic mass is 35.7. The third kappa shape index (κ3) is 9.20. The first kappa shape index (κ1) is 27.5. The molecular weight excluding hydrogens is 508 g/mol. The molecule has 0 fully saturated rings. The van der Waals surface area contributed by atoms with Crippen LogP contribution in [0.5, 0.6) is 0 Å². The number of halogens is 1. The lowest BCUT2D eigenvalue weighted by Gasteiger charge is -2.09. The van der Waals surface area contributed by atoms with Crippen LogP contribution in [0.25, 0.3) is 0 Å². The molecule has 0 saturated carbocycles. The van der Waals surface area contributed by atoms with E-state index in [2.05, 4.69) is 4.72 Å². The minimum atomic E-state index is -3.57.